The molecule has 1 aromatic heterocycles. The third-order valence-corrected chi connectivity index (χ3v) is 1.35. The molecule has 0 saturated heterocycles. The number of nitrogens with zero attached hydrogens (tertiary/aromatic N) is 2. The highest BCUT2D eigenvalue weighted by Gasteiger charge is 2.28. The van der Waals surface area contributed by atoms with Crippen LogP contribution in [-0.4, -0.2) is 16.0 Å². The van der Waals surface area contributed by atoms with Crippen molar-refractivity contribution >= 4 is 0 Å². The Kier molecular flexibility index (Phi) is 2.40. The molecule has 0 aliphatic carbocycles. The Bertz CT molecular complexity index is 251. The summed E-state index contributed by atoms with van der Waals surface area (Å²) in [7, 11) is 0. The molecule has 1 heterocycles. The van der Waals surface area contributed by atoms with Gasteiger partial charge in [0.1, 0.15) is 12.7 Å². The van der Waals surface area contributed by atoms with Gasteiger partial charge in [-0.3, -0.25) is 4.68 Å². The monoisotopic (exact) mass is 177 g/mol. The van der Waals surface area contributed by atoms with Crippen LogP contribution in [0.4, 0.5) is 13.2 Å². The van der Waals surface area contributed by atoms with E-state index in [1.807, 2.05) is 6.92 Å². The number of aryl methyl sites for hydroxylation is 1. The van der Waals surface area contributed by atoms with Crippen LogP contribution in [0.1, 0.15) is 12.5 Å². The molecule has 5 heteroatoms. The molecular weight excluding hydrogens is 169 g/mol. The highest BCUT2D eigenvalue weighted by Crippen LogP contribution is 2.16. The fraction of sp³-hybridized carbons (Fsp3) is 0.571. The van der Waals surface area contributed by atoms with E-state index in [0.29, 0.717) is 12.0 Å². The van der Waals surface area contributed by atoms with Gasteiger partial charge in [0, 0.05) is 6.20 Å². The molecule has 0 spiro atoms. The second-order valence-corrected chi connectivity index (χ2v) is 2.43. The predicted octanol–water partition coefficient (Wildman–Crippen LogP) is 1.81. The van der Waals surface area contributed by atoms with Gasteiger partial charge < -0.3 is 0 Å². The molecule has 0 aliphatic rings. The van der Waals surface area contributed by atoms with Gasteiger partial charge >= 0.3 is 6.18 Å². The van der Waals surface area contributed by atoms with Crippen LogP contribution in [-0.2, 0) is 13.0 Å². The lowest BCUT2D eigenvalue weighted by molar-refractivity contribution is -0.142. The van der Waals surface area contributed by atoms with Crippen LogP contribution in [0.2, 0.25) is 0 Å². The molecule has 67 valence electrons. The summed E-state index contributed by atoms with van der Waals surface area (Å²) in [5, 5.41) is 3.44. The van der Waals surface area contributed by atoms with Crippen LogP contribution in [0.15, 0.2) is 6.20 Å². The van der Waals surface area contributed by atoms with Crippen LogP contribution in [0, 0.1) is 6.20 Å². The summed E-state index contributed by atoms with van der Waals surface area (Å²) >= 11 is 0. The molecule has 12 heavy (non-hydrogen) atoms. The first kappa shape index (κ1) is 9.09. The summed E-state index contributed by atoms with van der Waals surface area (Å²) in [5.74, 6) is 0. The van der Waals surface area contributed by atoms with E-state index >= 15 is 0 Å². The topological polar surface area (TPSA) is 17.8 Å². The molecule has 1 rings (SSSR count). The van der Waals surface area contributed by atoms with E-state index < -0.39 is 12.7 Å². The first-order chi connectivity index (χ1) is 5.51. The van der Waals surface area contributed by atoms with Gasteiger partial charge in [0.25, 0.3) is 0 Å². The maximum Gasteiger partial charge on any atom is 0.408 e. The van der Waals surface area contributed by atoms with Crippen LogP contribution in [0.5, 0.6) is 0 Å². The molecule has 2 nitrogen and oxygen atoms in total. The number of hydrogen-bond acceptors (Lipinski definition) is 1. The summed E-state index contributed by atoms with van der Waals surface area (Å²) in [6.07, 6.45) is 0.293. The van der Waals surface area contributed by atoms with E-state index in [4.69, 9.17) is 0 Å². The predicted molar refractivity (Wildman–Crippen MR) is 36.5 cm³/mol. The van der Waals surface area contributed by atoms with Gasteiger partial charge in [0.2, 0.25) is 0 Å². The largest absolute Gasteiger partial charge is 0.408 e. The number of alkyl halides is 3. The molecule has 0 aromatic carbocycles. The van der Waals surface area contributed by atoms with Gasteiger partial charge in [0.15, 0.2) is 0 Å². The minimum Gasteiger partial charge on any atom is -0.263 e. The SMILES string of the molecule is CCc1[c]nn(CC(F)(F)F)c1. The van der Waals surface area contributed by atoms with E-state index in [-0.39, 0.29) is 0 Å². The highest BCUT2D eigenvalue weighted by atomic mass is 19.4. The van der Waals surface area contributed by atoms with Gasteiger partial charge in [-0.25, -0.2) is 0 Å². The Balaban J connectivity index is 2.64. The molecule has 0 unspecified atom stereocenters. The molecule has 0 atom stereocenters. The third-order valence-electron chi connectivity index (χ3n) is 1.35. The molecule has 1 aromatic rings. The zero-order valence-corrected chi connectivity index (χ0v) is 6.52. The minimum atomic E-state index is -4.20. The Morgan fingerprint density at radius 1 is 1.58 bits per heavy atom. The molecule has 0 N–H and O–H groups in total. The van der Waals surface area contributed by atoms with Crippen LogP contribution in [0.3, 0.4) is 0 Å². The molecule has 0 aliphatic heterocycles. The number of halogens is 3. The van der Waals surface area contributed by atoms with Crippen molar-refractivity contribution in [1.29, 1.82) is 0 Å². The molecule has 0 bridgehead atoms. The van der Waals surface area contributed by atoms with Crippen molar-refractivity contribution in [3.8, 4) is 0 Å². The van der Waals surface area contributed by atoms with Crippen molar-refractivity contribution in [3.05, 3.63) is 18.0 Å². The lowest BCUT2D eigenvalue weighted by atomic mass is 10.3. The van der Waals surface area contributed by atoms with Gasteiger partial charge in [-0.15, -0.1) is 0 Å². The highest BCUT2D eigenvalue weighted by molar-refractivity contribution is 5.01. The molecule has 1 radical (unpaired) electrons. The summed E-state index contributed by atoms with van der Waals surface area (Å²) < 4.78 is 36.2. The quantitative estimate of drug-likeness (QED) is 0.673. The number of rotatable bonds is 2. The van der Waals surface area contributed by atoms with Gasteiger partial charge in [-0.2, -0.15) is 18.3 Å². The van der Waals surface area contributed by atoms with Gasteiger partial charge in [-0.1, -0.05) is 6.92 Å². The fourth-order valence-corrected chi connectivity index (χ4v) is 0.801. The molecule has 0 amide bonds. The lowest BCUT2D eigenvalue weighted by Gasteiger charge is -2.04. The Labute approximate surface area is 68.0 Å². The summed E-state index contributed by atoms with van der Waals surface area (Å²) in [4.78, 5) is 0. The maximum absolute atomic E-state index is 11.8. The summed E-state index contributed by atoms with van der Waals surface area (Å²) in [6.45, 7) is 0.801. The van der Waals surface area contributed by atoms with Crippen molar-refractivity contribution in [3.63, 3.8) is 0 Å². The third kappa shape index (κ3) is 2.56. The van der Waals surface area contributed by atoms with Crippen molar-refractivity contribution in [2.75, 3.05) is 0 Å². The second-order valence-electron chi connectivity index (χ2n) is 2.43. The van der Waals surface area contributed by atoms with Crippen molar-refractivity contribution in [1.82, 2.24) is 9.78 Å². The van der Waals surface area contributed by atoms with Crippen LogP contribution < -0.4 is 0 Å². The van der Waals surface area contributed by atoms with Crippen LogP contribution >= 0.6 is 0 Å². The van der Waals surface area contributed by atoms with Gasteiger partial charge in [0.05, 0.1) is 0 Å². The van der Waals surface area contributed by atoms with E-state index in [1.165, 1.54) is 6.20 Å². The van der Waals surface area contributed by atoms with Crippen LogP contribution in [0.25, 0.3) is 0 Å². The Hall–Kier alpha value is -1.00. The molecular formula is C7H8F3N2. The van der Waals surface area contributed by atoms with Crippen molar-refractivity contribution in [2.45, 2.75) is 26.1 Å². The first-order valence-corrected chi connectivity index (χ1v) is 3.52. The summed E-state index contributed by atoms with van der Waals surface area (Å²) in [5.41, 5.74) is 0.694. The zero-order chi connectivity index (χ0) is 9.19. The lowest BCUT2D eigenvalue weighted by Crippen LogP contribution is -2.17. The number of aromatic nitrogens is 2. The zero-order valence-electron chi connectivity index (χ0n) is 6.52. The normalized spacial score (nSPS) is 12.0. The van der Waals surface area contributed by atoms with E-state index in [9.17, 15) is 13.2 Å². The average Bonchev–Trinajstić information content (AvgIpc) is 2.32. The average molecular weight is 177 g/mol. The van der Waals surface area contributed by atoms with Crippen molar-refractivity contribution < 1.29 is 13.2 Å². The molecule has 0 saturated carbocycles. The van der Waals surface area contributed by atoms with Crippen molar-refractivity contribution in [2.24, 2.45) is 0 Å². The standard InChI is InChI=1S/C7H8F3N2/c1-2-6-3-11-12(4-6)5-7(8,9)10/h4H,2,5H2,1H3. The maximum atomic E-state index is 11.8. The number of hydrogen-bond donors (Lipinski definition) is 0. The summed E-state index contributed by atoms with van der Waals surface area (Å²) in [6, 6.07) is 0. The first-order valence-electron chi connectivity index (χ1n) is 3.52. The fourth-order valence-electron chi connectivity index (χ4n) is 0.801. The van der Waals surface area contributed by atoms with E-state index in [1.54, 1.807) is 0 Å². The van der Waals surface area contributed by atoms with Gasteiger partial charge in [-0.05, 0) is 12.0 Å². The molecule has 0 fully saturated rings. The Morgan fingerprint density at radius 2 is 2.25 bits per heavy atom. The Morgan fingerprint density at radius 3 is 2.67 bits per heavy atom. The minimum absolute atomic E-state index is 0.651. The smallest absolute Gasteiger partial charge is 0.263 e. The van der Waals surface area contributed by atoms with E-state index in [0.717, 1.165) is 4.68 Å². The second kappa shape index (κ2) is 3.16. The van der Waals surface area contributed by atoms with E-state index in [2.05, 4.69) is 11.3 Å².